The van der Waals surface area contributed by atoms with Gasteiger partial charge in [-0.05, 0) is 66.1 Å². The first-order chi connectivity index (χ1) is 16.3. The summed E-state index contributed by atoms with van der Waals surface area (Å²) in [6.07, 6.45) is 1.86. The second kappa shape index (κ2) is 8.66. The van der Waals surface area contributed by atoms with Gasteiger partial charge in [-0.15, -0.1) is 0 Å². The number of halogens is 1. The number of nitrogens with zero attached hydrogens (tertiary/aromatic N) is 1. The molecule has 9 heteroatoms. The van der Waals surface area contributed by atoms with Crippen molar-refractivity contribution in [2.45, 2.75) is 17.7 Å². The fourth-order valence-corrected chi connectivity index (χ4v) is 5.58. The zero-order chi connectivity index (χ0) is 23.9. The Labute approximate surface area is 199 Å². The van der Waals surface area contributed by atoms with Crippen LogP contribution in [0.15, 0.2) is 71.6 Å². The van der Waals surface area contributed by atoms with Crippen molar-refractivity contribution in [1.29, 1.82) is 0 Å². The first-order valence-corrected chi connectivity index (χ1v) is 13.2. The highest BCUT2D eigenvalue weighted by Crippen LogP contribution is 2.32. The van der Waals surface area contributed by atoms with E-state index in [-0.39, 0.29) is 23.0 Å². The van der Waals surface area contributed by atoms with Gasteiger partial charge in [-0.1, -0.05) is 29.5 Å². The number of para-hydroxylation sites is 1. The average molecular weight is 494 g/mol. The minimum absolute atomic E-state index is 0.197. The number of anilines is 1. The number of carbonyl (C=O) groups is 1. The molecule has 3 aromatic carbocycles. The molecule has 172 valence electrons. The predicted molar refractivity (Wildman–Crippen MR) is 133 cm³/mol. The van der Waals surface area contributed by atoms with Gasteiger partial charge < -0.3 is 10.3 Å². The number of hydrogen-bond donors (Lipinski definition) is 2. The molecule has 34 heavy (non-hydrogen) atoms. The van der Waals surface area contributed by atoms with Gasteiger partial charge >= 0.3 is 0 Å². The molecule has 0 bridgehead atoms. The summed E-state index contributed by atoms with van der Waals surface area (Å²) < 4.78 is 37.7. The van der Waals surface area contributed by atoms with Crippen LogP contribution in [0.4, 0.5) is 9.52 Å². The molecule has 0 unspecified atom stereocenters. The number of aryl methyl sites for hydroxylation is 1. The summed E-state index contributed by atoms with van der Waals surface area (Å²) in [7, 11) is -3.32. The van der Waals surface area contributed by atoms with Crippen molar-refractivity contribution in [1.82, 2.24) is 9.97 Å². The number of amides is 1. The van der Waals surface area contributed by atoms with Gasteiger partial charge in [-0.3, -0.25) is 4.79 Å². The van der Waals surface area contributed by atoms with Gasteiger partial charge in [0, 0.05) is 29.3 Å². The van der Waals surface area contributed by atoms with Crippen LogP contribution in [0.2, 0.25) is 0 Å². The first-order valence-electron chi connectivity index (χ1n) is 10.5. The lowest BCUT2D eigenvalue weighted by Gasteiger charge is -2.06. The fourth-order valence-electron chi connectivity index (χ4n) is 3.93. The number of rotatable bonds is 6. The summed E-state index contributed by atoms with van der Waals surface area (Å²) in [5.41, 5.74) is 4.27. The van der Waals surface area contributed by atoms with Crippen molar-refractivity contribution in [3.63, 3.8) is 0 Å². The van der Waals surface area contributed by atoms with Crippen LogP contribution in [-0.4, -0.2) is 30.5 Å². The number of thiazole rings is 1. The Morgan fingerprint density at radius 3 is 2.62 bits per heavy atom. The quantitative estimate of drug-likeness (QED) is 0.324. The lowest BCUT2D eigenvalue weighted by atomic mass is 10.0. The lowest BCUT2D eigenvalue weighted by molar-refractivity contribution is -0.116. The van der Waals surface area contributed by atoms with E-state index in [2.05, 4.69) is 15.3 Å². The second-order valence-corrected chi connectivity index (χ2v) is 11.0. The van der Waals surface area contributed by atoms with E-state index in [1.54, 1.807) is 24.3 Å². The molecule has 2 N–H and O–H groups in total. The third-order valence-corrected chi connectivity index (χ3v) is 7.63. The number of benzene rings is 3. The molecule has 5 aromatic rings. The van der Waals surface area contributed by atoms with Crippen LogP contribution in [0.5, 0.6) is 0 Å². The highest BCUT2D eigenvalue weighted by atomic mass is 32.2. The molecule has 0 saturated carbocycles. The number of nitrogens with one attached hydrogen (secondary N) is 2. The highest BCUT2D eigenvalue weighted by molar-refractivity contribution is 7.90. The molecule has 1 amide bonds. The molecule has 2 aromatic heterocycles. The molecule has 0 fully saturated rings. The number of carbonyl (C=O) groups excluding carboxylic acids is 1. The van der Waals surface area contributed by atoms with E-state index in [9.17, 15) is 17.6 Å². The van der Waals surface area contributed by atoms with Gasteiger partial charge in [0.15, 0.2) is 15.0 Å². The van der Waals surface area contributed by atoms with Crippen molar-refractivity contribution in [2.24, 2.45) is 0 Å². The van der Waals surface area contributed by atoms with Crippen molar-refractivity contribution < 1.29 is 17.6 Å². The SMILES string of the molecule is CS(=O)(=O)c1ccc2nc(NC(=O)CCc3c(-c4ccc(F)cc4)[nH]c4ccccc34)sc2c1. The lowest BCUT2D eigenvalue weighted by Crippen LogP contribution is -2.12. The van der Waals surface area contributed by atoms with Crippen LogP contribution in [0.3, 0.4) is 0 Å². The number of H-pyrrole nitrogens is 1. The number of fused-ring (bicyclic) bond motifs is 2. The van der Waals surface area contributed by atoms with Gasteiger partial charge in [0.05, 0.1) is 15.1 Å². The molecule has 5 rings (SSSR count). The number of aromatic nitrogens is 2. The van der Waals surface area contributed by atoms with Crippen LogP contribution in [-0.2, 0) is 21.1 Å². The Morgan fingerprint density at radius 2 is 1.85 bits per heavy atom. The standard InChI is InChI=1S/C25H20FN3O3S2/c1-34(31,32)17-10-12-21-22(14-17)33-25(28-21)29-23(30)13-11-19-18-4-2-3-5-20(18)27-24(19)15-6-8-16(26)9-7-15/h2-10,12,14,27H,11,13H2,1H3,(H,28,29,30). The Hall–Kier alpha value is -3.56. The zero-order valence-corrected chi connectivity index (χ0v) is 19.8. The number of hydrogen-bond acceptors (Lipinski definition) is 5. The van der Waals surface area contributed by atoms with E-state index in [1.165, 1.54) is 29.5 Å². The minimum Gasteiger partial charge on any atom is -0.354 e. The van der Waals surface area contributed by atoms with E-state index >= 15 is 0 Å². The minimum atomic E-state index is -3.32. The normalized spacial score (nSPS) is 11.8. The average Bonchev–Trinajstić information content (AvgIpc) is 3.37. The topological polar surface area (TPSA) is 91.9 Å². The van der Waals surface area contributed by atoms with Gasteiger partial charge in [0.2, 0.25) is 5.91 Å². The monoisotopic (exact) mass is 493 g/mol. The third kappa shape index (κ3) is 4.44. The molecule has 0 spiro atoms. The maximum absolute atomic E-state index is 13.4. The Kier molecular flexibility index (Phi) is 5.66. The predicted octanol–water partition coefficient (Wildman–Crippen LogP) is 5.56. The molecule has 2 heterocycles. The van der Waals surface area contributed by atoms with Crippen LogP contribution in [0.1, 0.15) is 12.0 Å². The summed E-state index contributed by atoms with van der Waals surface area (Å²) in [4.78, 5) is 20.7. The van der Waals surface area contributed by atoms with Crippen molar-refractivity contribution in [3.8, 4) is 11.3 Å². The first kappa shape index (κ1) is 22.2. The Balaban J connectivity index is 1.37. The zero-order valence-electron chi connectivity index (χ0n) is 18.1. The summed E-state index contributed by atoms with van der Waals surface area (Å²) in [5, 5.41) is 4.26. The van der Waals surface area contributed by atoms with Gasteiger partial charge in [0.1, 0.15) is 5.82 Å². The summed E-state index contributed by atoms with van der Waals surface area (Å²) >= 11 is 1.23. The summed E-state index contributed by atoms with van der Waals surface area (Å²) in [5.74, 6) is -0.502. The molecular formula is C25H20FN3O3S2. The smallest absolute Gasteiger partial charge is 0.226 e. The van der Waals surface area contributed by atoms with Crippen molar-refractivity contribution in [2.75, 3.05) is 11.6 Å². The fraction of sp³-hybridized carbons (Fsp3) is 0.120. The maximum Gasteiger partial charge on any atom is 0.226 e. The van der Waals surface area contributed by atoms with Crippen LogP contribution < -0.4 is 5.32 Å². The molecule has 0 aliphatic rings. The Morgan fingerprint density at radius 1 is 1.09 bits per heavy atom. The van der Waals surface area contributed by atoms with E-state index < -0.39 is 9.84 Å². The van der Waals surface area contributed by atoms with E-state index in [1.807, 2.05) is 24.3 Å². The Bertz CT molecular complexity index is 1640. The number of sulfone groups is 1. The van der Waals surface area contributed by atoms with Crippen LogP contribution in [0, 0.1) is 5.82 Å². The molecule has 0 aliphatic carbocycles. The molecule has 0 saturated heterocycles. The van der Waals surface area contributed by atoms with Crippen LogP contribution >= 0.6 is 11.3 Å². The van der Waals surface area contributed by atoms with Gasteiger partial charge in [-0.2, -0.15) is 0 Å². The molecular weight excluding hydrogens is 473 g/mol. The van der Waals surface area contributed by atoms with E-state index in [4.69, 9.17) is 0 Å². The molecule has 0 aliphatic heterocycles. The highest BCUT2D eigenvalue weighted by Gasteiger charge is 2.16. The van der Waals surface area contributed by atoms with Gasteiger partial charge in [0.25, 0.3) is 0 Å². The number of aromatic amines is 1. The van der Waals surface area contributed by atoms with Crippen molar-refractivity contribution in [3.05, 3.63) is 78.1 Å². The largest absolute Gasteiger partial charge is 0.354 e. The third-order valence-electron chi connectivity index (χ3n) is 5.58. The second-order valence-electron chi connectivity index (χ2n) is 8.00. The maximum atomic E-state index is 13.4. The summed E-state index contributed by atoms with van der Waals surface area (Å²) in [6, 6.07) is 18.8. The van der Waals surface area contributed by atoms with Gasteiger partial charge in [-0.25, -0.2) is 17.8 Å². The summed E-state index contributed by atoms with van der Waals surface area (Å²) in [6.45, 7) is 0. The van der Waals surface area contributed by atoms with E-state index in [0.717, 1.165) is 34.0 Å². The molecule has 0 atom stereocenters. The molecule has 0 radical (unpaired) electrons. The van der Waals surface area contributed by atoms with E-state index in [0.29, 0.717) is 21.8 Å². The molecule has 6 nitrogen and oxygen atoms in total. The van der Waals surface area contributed by atoms with Crippen LogP contribution in [0.25, 0.3) is 32.4 Å². The van der Waals surface area contributed by atoms with Crippen molar-refractivity contribution >= 4 is 53.3 Å².